The molecule has 0 aliphatic heterocycles. The van der Waals surface area contributed by atoms with Gasteiger partial charge in [-0.3, -0.25) is 43.7 Å². The molecule has 24 heteroatoms. The Hall–Kier alpha value is -5.78. The molecule has 1 aromatic carbocycles. The highest BCUT2D eigenvalue weighted by Gasteiger charge is 2.23. The predicted octanol–water partition coefficient (Wildman–Crippen LogP) is 0.705. The summed E-state index contributed by atoms with van der Waals surface area (Å²) < 4.78 is 32.0. The smallest absolute Gasteiger partial charge is 0.311 e. The van der Waals surface area contributed by atoms with E-state index in [9.17, 15) is 43.7 Å². The van der Waals surface area contributed by atoms with Crippen molar-refractivity contribution in [2.24, 2.45) is 5.11 Å². The number of likely N-dealkylation sites (N-methyl/N-ethyl adjacent to an activating group) is 5. The molecule has 0 unspecified atom stereocenters. The van der Waals surface area contributed by atoms with Gasteiger partial charge in [0.15, 0.2) is 5.78 Å². The minimum Gasteiger partial charge on any atom is -0.427 e. The van der Waals surface area contributed by atoms with Gasteiger partial charge in [0.25, 0.3) is 5.69 Å². The Morgan fingerprint density at radius 3 is 1.38 bits per heavy atom. The van der Waals surface area contributed by atoms with Crippen molar-refractivity contribution in [3.63, 3.8) is 0 Å². The molecule has 24 nitrogen and oxygen atoms in total. The number of non-ortho nitro benzene ring substituents is 1. The van der Waals surface area contributed by atoms with E-state index in [1.807, 2.05) is 0 Å². The van der Waals surface area contributed by atoms with Gasteiger partial charge in [0.05, 0.1) is 97.1 Å². The summed E-state index contributed by atoms with van der Waals surface area (Å²) in [7, 11) is 6.98. The van der Waals surface area contributed by atoms with Gasteiger partial charge >= 0.3 is 5.97 Å². The zero-order valence-corrected chi connectivity index (χ0v) is 36.8. The molecule has 0 aliphatic carbocycles. The van der Waals surface area contributed by atoms with Gasteiger partial charge in [-0.05, 0) is 30.5 Å². The number of benzene rings is 1. The van der Waals surface area contributed by atoms with Gasteiger partial charge in [0.2, 0.25) is 29.5 Å². The number of Topliss-reactive ketones (excluding diaryl/α,β-unsaturated/α-hetero) is 1. The first-order chi connectivity index (χ1) is 30.0. The average Bonchev–Trinajstić information content (AvgIpc) is 3.24. The second-order valence-electron chi connectivity index (χ2n) is 14.0. The van der Waals surface area contributed by atoms with E-state index in [-0.39, 0.29) is 82.2 Å². The largest absolute Gasteiger partial charge is 0.427 e. The summed E-state index contributed by atoms with van der Waals surface area (Å²) >= 11 is 0. The SMILES string of the molecule is CN(CC(=O)CCCOCCOCCOCCOCCOCCN=[N+]=[N-])C(=O)CN(C)C(=O)CN(C)C(=O)CN(C)C(=O)CN(C)C(=O)CCCC(=O)Oc1ccc([N+](=O)[O-])cc1. The van der Waals surface area contributed by atoms with Crippen LogP contribution in [0.1, 0.15) is 32.1 Å². The molecule has 0 heterocycles. The molecule has 63 heavy (non-hydrogen) atoms. The average molecular weight is 896 g/mol. The van der Waals surface area contributed by atoms with Crippen LogP contribution in [0.3, 0.4) is 0 Å². The zero-order chi connectivity index (χ0) is 47.0. The third-order valence-corrected chi connectivity index (χ3v) is 8.71. The zero-order valence-electron chi connectivity index (χ0n) is 36.8. The van der Waals surface area contributed by atoms with Crippen LogP contribution in [0.2, 0.25) is 0 Å². The number of hydrogen-bond donors (Lipinski definition) is 0. The van der Waals surface area contributed by atoms with Crippen molar-refractivity contribution >= 4 is 47.0 Å². The highest BCUT2D eigenvalue weighted by molar-refractivity contribution is 5.92. The lowest BCUT2D eigenvalue weighted by Gasteiger charge is -2.26. The molecular weight excluding hydrogens is 834 g/mol. The topological polar surface area (TPSA) is 283 Å². The van der Waals surface area contributed by atoms with Crippen molar-refractivity contribution in [1.29, 1.82) is 0 Å². The summed E-state index contributed by atoms with van der Waals surface area (Å²) in [5, 5.41) is 14.1. The number of ketones is 1. The Labute approximate surface area is 366 Å². The number of carbonyl (C=O) groups is 7. The van der Waals surface area contributed by atoms with Gasteiger partial charge in [-0.25, -0.2) is 0 Å². The number of nitrogens with zero attached hydrogens (tertiary/aromatic N) is 9. The monoisotopic (exact) mass is 895 g/mol. The van der Waals surface area contributed by atoms with E-state index in [1.165, 1.54) is 64.4 Å². The molecule has 1 rings (SSSR count). The molecule has 0 saturated heterocycles. The lowest BCUT2D eigenvalue weighted by atomic mass is 10.2. The Balaban J connectivity index is 2.20. The van der Waals surface area contributed by atoms with Crippen molar-refractivity contribution in [1.82, 2.24) is 24.5 Å². The highest BCUT2D eigenvalue weighted by Crippen LogP contribution is 2.18. The van der Waals surface area contributed by atoms with E-state index in [0.717, 1.165) is 19.6 Å². The van der Waals surface area contributed by atoms with Crippen LogP contribution in [-0.4, -0.2) is 211 Å². The second kappa shape index (κ2) is 32.9. The van der Waals surface area contributed by atoms with Gasteiger partial charge in [-0.1, -0.05) is 5.11 Å². The van der Waals surface area contributed by atoms with E-state index >= 15 is 0 Å². The first kappa shape index (κ1) is 55.2. The molecule has 0 bridgehead atoms. The van der Waals surface area contributed by atoms with Crippen LogP contribution >= 0.6 is 0 Å². The van der Waals surface area contributed by atoms with Crippen LogP contribution < -0.4 is 4.74 Å². The third-order valence-electron chi connectivity index (χ3n) is 8.71. The number of esters is 1. The molecular formula is C39H61N9O15. The molecule has 0 N–H and O–H groups in total. The summed E-state index contributed by atoms with van der Waals surface area (Å²) in [6.45, 7) is 2.48. The van der Waals surface area contributed by atoms with Crippen LogP contribution in [0.5, 0.6) is 5.75 Å². The number of carbonyl (C=O) groups excluding carboxylic acids is 7. The van der Waals surface area contributed by atoms with E-state index in [0.29, 0.717) is 72.5 Å². The summed E-state index contributed by atoms with van der Waals surface area (Å²) in [5.41, 5.74) is 8.01. The fourth-order valence-electron chi connectivity index (χ4n) is 4.98. The first-order valence-electron chi connectivity index (χ1n) is 20.1. The summed E-state index contributed by atoms with van der Waals surface area (Å²) in [6, 6.07) is 4.96. The number of hydrogen-bond acceptors (Lipinski definition) is 16. The minimum absolute atomic E-state index is 0.0670. The molecule has 0 spiro atoms. The van der Waals surface area contributed by atoms with Crippen molar-refractivity contribution in [3.05, 3.63) is 44.8 Å². The molecule has 0 radical (unpaired) electrons. The maximum absolute atomic E-state index is 12.8. The van der Waals surface area contributed by atoms with Gasteiger partial charge in [0, 0.05) is 84.7 Å². The highest BCUT2D eigenvalue weighted by atomic mass is 16.6. The number of azide groups is 1. The maximum Gasteiger partial charge on any atom is 0.311 e. The standard InChI is InChI=1S/C39H61N9O15/c1-43(26-32(49)8-7-16-58-18-20-60-22-24-62-25-23-61-21-19-59-17-15-41-42-40)35(51)28-45(3)37(53)30-47(5)38(54)29-46(4)36(52)27-44(2)34(50)9-6-10-39(55)63-33-13-11-31(12-14-33)48(56)57/h11-14H,6-10,15-30H2,1-5H3. The molecule has 0 aliphatic rings. The van der Waals surface area contributed by atoms with Gasteiger partial charge in [0.1, 0.15) is 5.75 Å². The molecule has 0 aromatic heterocycles. The molecule has 1 aromatic rings. The fraction of sp³-hybridized carbons (Fsp3) is 0.667. The molecule has 352 valence electrons. The van der Waals surface area contributed by atoms with Crippen LogP contribution in [0.25, 0.3) is 10.4 Å². The van der Waals surface area contributed by atoms with E-state index < -0.39 is 40.4 Å². The minimum atomic E-state index is -0.637. The summed E-state index contributed by atoms with van der Waals surface area (Å²) in [4.78, 5) is 107. The number of ether oxygens (including phenoxy) is 6. The summed E-state index contributed by atoms with van der Waals surface area (Å²) in [6.07, 6.45) is 0.587. The number of nitro benzene ring substituents is 1. The number of amides is 5. The van der Waals surface area contributed by atoms with Crippen molar-refractivity contribution < 1.29 is 66.9 Å². The van der Waals surface area contributed by atoms with E-state index in [1.54, 1.807) is 0 Å². The maximum atomic E-state index is 12.8. The quantitative estimate of drug-likeness (QED) is 0.0133. The van der Waals surface area contributed by atoms with E-state index in [2.05, 4.69) is 10.0 Å². The first-order valence-corrected chi connectivity index (χ1v) is 20.1. The Morgan fingerprint density at radius 2 is 0.952 bits per heavy atom. The lowest BCUT2D eigenvalue weighted by molar-refractivity contribution is -0.384. The molecule has 0 saturated carbocycles. The second-order valence-corrected chi connectivity index (χ2v) is 14.0. The van der Waals surface area contributed by atoms with Gasteiger partial charge < -0.3 is 52.9 Å². The van der Waals surface area contributed by atoms with Crippen LogP contribution in [0, 0.1) is 10.1 Å². The Kier molecular flexibility index (Phi) is 28.8. The van der Waals surface area contributed by atoms with Crippen molar-refractivity contribution in [2.75, 3.05) is 141 Å². The van der Waals surface area contributed by atoms with Gasteiger partial charge in [-0.2, -0.15) is 0 Å². The molecule has 0 atom stereocenters. The Bertz CT molecular complexity index is 1660. The molecule has 5 amide bonds. The van der Waals surface area contributed by atoms with Crippen LogP contribution in [-0.2, 0) is 57.2 Å². The number of nitro groups is 1. The third kappa shape index (κ3) is 26.3. The normalized spacial score (nSPS) is 10.6. The lowest BCUT2D eigenvalue weighted by Crippen LogP contribution is -2.47. The van der Waals surface area contributed by atoms with E-state index in [4.69, 9.17) is 34.0 Å². The van der Waals surface area contributed by atoms with Gasteiger partial charge in [-0.15, -0.1) is 0 Å². The predicted molar refractivity (Wildman–Crippen MR) is 223 cm³/mol. The summed E-state index contributed by atoms with van der Waals surface area (Å²) in [5.74, 6) is -3.26. The van der Waals surface area contributed by atoms with Crippen molar-refractivity contribution in [3.8, 4) is 5.75 Å². The Morgan fingerprint density at radius 1 is 0.556 bits per heavy atom. The fourth-order valence-corrected chi connectivity index (χ4v) is 4.98. The van der Waals surface area contributed by atoms with Crippen LogP contribution in [0.4, 0.5) is 5.69 Å². The van der Waals surface area contributed by atoms with Crippen molar-refractivity contribution in [2.45, 2.75) is 32.1 Å². The van der Waals surface area contributed by atoms with Crippen LogP contribution in [0.15, 0.2) is 29.4 Å². The molecule has 0 fully saturated rings. The number of rotatable bonds is 35.